The fourth-order valence-electron chi connectivity index (χ4n) is 9.23. The molecule has 1 unspecified atom stereocenters. The Morgan fingerprint density at radius 3 is 0.792 bits per heavy atom. The zero-order valence-corrected chi connectivity index (χ0v) is 50.7. The predicted molar refractivity (Wildman–Crippen MR) is 334 cm³/mol. The Kier molecular flexibility index (Phi) is 61.8. The largest absolute Gasteiger partial charge is 0.462 e. The van der Waals surface area contributed by atoms with Gasteiger partial charge in [-0.1, -0.05) is 311 Å². The molecule has 0 bridgehead atoms. The van der Waals surface area contributed by atoms with Crippen molar-refractivity contribution in [3.63, 3.8) is 0 Å². The SMILES string of the molecule is CC/C=C\C/C=C\C/C=C\C/C=C\C/C=C\C/C=C\C/C=C\C/C=C\CCCCCCCCC(=O)OCC(COC(=O)CCCCCCCCCCCC)OC(=O)CCCCCCCCCCCCCCCCCCCC. The summed E-state index contributed by atoms with van der Waals surface area (Å²) < 4.78 is 16.9. The number of allylic oxidation sites excluding steroid dienone is 16. The van der Waals surface area contributed by atoms with Gasteiger partial charge in [-0.3, -0.25) is 14.4 Å². The molecular formula is C71H122O6. The number of hydrogen-bond acceptors (Lipinski definition) is 6. The van der Waals surface area contributed by atoms with Crippen molar-refractivity contribution in [2.45, 2.75) is 322 Å². The van der Waals surface area contributed by atoms with Gasteiger partial charge in [-0.2, -0.15) is 0 Å². The Hall–Kier alpha value is -3.67. The lowest BCUT2D eigenvalue weighted by molar-refractivity contribution is -0.167. The molecule has 0 aromatic heterocycles. The molecule has 6 heteroatoms. The van der Waals surface area contributed by atoms with Crippen molar-refractivity contribution in [3.8, 4) is 0 Å². The number of rotatable bonds is 59. The van der Waals surface area contributed by atoms with Crippen LogP contribution in [0.3, 0.4) is 0 Å². The molecule has 0 N–H and O–H groups in total. The van der Waals surface area contributed by atoms with Gasteiger partial charge in [0, 0.05) is 19.3 Å². The summed E-state index contributed by atoms with van der Waals surface area (Å²) in [5.74, 6) is -0.881. The maximum absolute atomic E-state index is 12.9. The first-order chi connectivity index (χ1) is 38.0. The first-order valence-electron chi connectivity index (χ1n) is 32.7. The van der Waals surface area contributed by atoms with E-state index in [0.717, 1.165) is 122 Å². The number of esters is 3. The summed E-state index contributed by atoms with van der Waals surface area (Å²) in [7, 11) is 0. The van der Waals surface area contributed by atoms with E-state index in [4.69, 9.17) is 14.2 Å². The van der Waals surface area contributed by atoms with Gasteiger partial charge in [-0.25, -0.2) is 0 Å². The lowest BCUT2D eigenvalue weighted by atomic mass is 10.0. The van der Waals surface area contributed by atoms with Crippen molar-refractivity contribution >= 4 is 17.9 Å². The third-order valence-corrected chi connectivity index (χ3v) is 14.1. The molecule has 0 saturated carbocycles. The van der Waals surface area contributed by atoms with Crippen LogP contribution < -0.4 is 0 Å². The standard InChI is InChI=1S/C71H122O6/c1-4-7-10-13-16-19-22-24-26-28-30-31-32-33-34-35-36-37-38-39-40-41-42-44-45-47-49-52-55-58-61-64-70(73)76-67-68(66-75-69(72)63-60-57-54-51-21-18-15-12-9-6-3)77-71(74)65-62-59-56-53-50-48-46-43-29-27-25-23-20-17-14-11-8-5-2/h7,10,16,19,24,26,30-31,33-34,36-37,39-40,42,44,68H,4-6,8-9,11-15,17-18,20-23,25,27-29,32,35,38,41,43,45-67H2,1-3H3/b10-7-,19-16-,26-24-,31-30-,34-33-,37-36-,40-39-,44-42-. The quantitative estimate of drug-likeness (QED) is 0.0261. The molecule has 0 aliphatic carbocycles. The lowest BCUT2D eigenvalue weighted by Gasteiger charge is -2.18. The molecule has 0 fully saturated rings. The minimum atomic E-state index is -0.780. The van der Waals surface area contributed by atoms with E-state index in [0.29, 0.717) is 19.3 Å². The van der Waals surface area contributed by atoms with E-state index in [1.807, 2.05) is 0 Å². The highest BCUT2D eigenvalue weighted by Gasteiger charge is 2.19. The molecule has 0 aromatic carbocycles. The molecule has 0 aromatic rings. The zero-order valence-electron chi connectivity index (χ0n) is 50.7. The van der Waals surface area contributed by atoms with Crippen molar-refractivity contribution in [1.29, 1.82) is 0 Å². The number of hydrogen-bond donors (Lipinski definition) is 0. The predicted octanol–water partition coefficient (Wildman–Crippen LogP) is 22.4. The summed E-state index contributed by atoms with van der Waals surface area (Å²) in [5.41, 5.74) is 0. The van der Waals surface area contributed by atoms with Gasteiger partial charge in [-0.05, 0) is 83.5 Å². The number of carbonyl (C=O) groups excluding carboxylic acids is 3. The molecule has 0 aliphatic heterocycles. The van der Waals surface area contributed by atoms with Crippen LogP contribution in [-0.4, -0.2) is 37.2 Å². The maximum Gasteiger partial charge on any atom is 0.306 e. The maximum atomic E-state index is 12.9. The van der Waals surface area contributed by atoms with E-state index in [-0.39, 0.29) is 31.1 Å². The van der Waals surface area contributed by atoms with Crippen molar-refractivity contribution in [1.82, 2.24) is 0 Å². The highest BCUT2D eigenvalue weighted by Crippen LogP contribution is 2.17. The number of ether oxygens (including phenoxy) is 3. The average molecular weight is 1070 g/mol. The van der Waals surface area contributed by atoms with Gasteiger partial charge in [0.25, 0.3) is 0 Å². The molecule has 0 spiro atoms. The second kappa shape index (κ2) is 64.9. The summed E-state index contributed by atoms with van der Waals surface area (Å²) in [5, 5.41) is 0. The van der Waals surface area contributed by atoms with Crippen LogP contribution in [0.25, 0.3) is 0 Å². The van der Waals surface area contributed by atoms with Crippen LogP contribution in [0.1, 0.15) is 316 Å². The highest BCUT2D eigenvalue weighted by molar-refractivity contribution is 5.71. The van der Waals surface area contributed by atoms with Crippen LogP contribution in [0.5, 0.6) is 0 Å². The number of carbonyl (C=O) groups is 3. The second-order valence-corrected chi connectivity index (χ2v) is 21.7. The Labute approximate surface area is 477 Å². The summed E-state index contributed by atoms with van der Waals surface area (Å²) in [6.45, 7) is 6.53. The van der Waals surface area contributed by atoms with Crippen LogP contribution in [0.4, 0.5) is 0 Å². The van der Waals surface area contributed by atoms with E-state index >= 15 is 0 Å². The second-order valence-electron chi connectivity index (χ2n) is 21.7. The third kappa shape index (κ3) is 63.0. The van der Waals surface area contributed by atoms with Gasteiger partial charge in [0.05, 0.1) is 0 Å². The van der Waals surface area contributed by atoms with Crippen molar-refractivity contribution in [2.24, 2.45) is 0 Å². The first kappa shape index (κ1) is 73.3. The van der Waals surface area contributed by atoms with Gasteiger partial charge in [0.2, 0.25) is 0 Å². The average Bonchev–Trinajstić information content (AvgIpc) is 3.43. The Balaban J connectivity index is 4.25. The minimum Gasteiger partial charge on any atom is -0.462 e. The van der Waals surface area contributed by atoms with E-state index in [2.05, 4.69) is 118 Å². The van der Waals surface area contributed by atoms with Crippen molar-refractivity contribution in [2.75, 3.05) is 13.2 Å². The van der Waals surface area contributed by atoms with Crippen LogP contribution in [0, 0.1) is 0 Å². The third-order valence-electron chi connectivity index (χ3n) is 14.1. The minimum absolute atomic E-state index is 0.0777. The lowest BCUT2D eigenvalue weighted by Crippen LogP contribution is -2.30. The topological polar surface area (TPSA) is 78.9 Å². The monoisotopic (exact) mass is 1070 g/mol. The van der Waals surface area contributed by atoms with Crippen LogP contribution in [0.2, 0.25) is 0 Å². The molecule has 442 valence electrons. The van der Waals surface area contributed by atoms with Gasteiger partial charge in [-0.15, -0.1) is 0 Å². The molecule has 0 saturated heterocycles. The summed E-state index contributed by atoms with van der Waals surface area (Å²) in [6, 6.07) is 0. The smallest absolute Gasteiger partial charge is 0.306 e. The molecule has 0 radical (unpaired) electrons. The van der Waals surface area contributed by atoms with Crippen molar-refractivity contribution in [3.05, 3.63) is 97.2 Å². The van der Waals surface area contributed by atoms with Crippen LogP contribution in [0.15, 0.2) is 97.2 Å². The first-order valence-corrected chi connectivity index (χ1v) is 32.7. The molecule has 6 nitrogen and oxygen atoms in total. The van der Waals surface area contributed by atoms with E-state index < -0.39 is 6.10 Å². The fourth-order valence-corrected chi connectivity index (χ4v) is 9.23. The summed E-state index contributed by atoms with van der Waals surface area (Å²) >= 11 is 0. The highest BCUT2D eigenvalue weighted by atomic mass is 16.6. The molecule has 0 amide bonds. The molecule has 0 heterocycles. The van der Waals surface area contributed by atoms with Gasteiger partial charge in [0.15, 0.2) is 6.10 Å². The van der Waals surface area contributed by atoms with E-state index in [1.165, 1.54) is 154 Å². The van der Waals surface area contributed by atoms with Gasteiger partial charge < -0.3 is 14.2 Å². The van der Waals surface area contributed by atoms with Crippen molar-refractivity contribution < 1.29 is 28.6 Å². The van der Waals surface area contributed by atoms with Gasteiger partial charge in [0.1, 0.15) is 13.2 Å². The Bertz CT molecular complexity index is 1510. The summed E-state index contributed by atoms with van der Waals surface area (Å²) in [6.07, 6.45) is 87.1. The van der Waals surface area contributed by atoms with E-state index in [9.17, 15) is 14.4 Å². The van der Waals surface area contributed by atoms with Gasteiger partial charge >= 0.3 is 17.9 Å². The zero-order chi connectivity index (χ0) is 55.7. The Morgan fingerprint density at radius 2 is 0.506 bits per heavy atom. The van der Waals surface area contributed by atoms with Crippen LogP contribution >= 0.6 is 0 Å². The fraction of sp³-hybridized carbons (Fsp3) is 0.732. The molecule has 77 heavy (non-hydrogen) atoms. The van der Waals surface area contributed by atoms with Crippen LogP contribution in [-0.2, 0) is 28.6 Å². The van der Waals surface area contributed by atoms with E-state index in [1.54, 1.807) is 0 Å². The number of unbranched alkanes of at least 4 members (excludes halogenated alkanes) is 32. The molecule has 1 atom stereocenters. The molecular weight excluding hydrogens is 949 g/mol. The summed E-state index contributed by atoms with van der Waals surface area (Å²) in [4.78, 5) is 38.2. The Morgan fingerprint density at radius 1 is 0.273 bits per heavy atom. The molecule has 0 rings (SSSR count). The molecule has 0 aliphatic rings. The normalized spacial score (nSPS) is 12.7.